The smallest absolute Gasteiger partial charge is 0.390 e. The lowest BCUT2D eigenvalue weighted by Crippen LogP contribution is -2.48. The zero-order valence-corrected chi connectivity index (χ0v) is 23.1. The molecule has 37 heavy (non-hydrogen) atoms. The first-order valence-corrected chi connectivity index (χ1v) is 13.8. The van der Waals surface area contributed by atoms with E-state index >= 15 is 0 Å². The molecular weight excluding hydrogens is 587 g/mol. The molecule has 0 N–H and O–H groups in total. The zero-order valence-electron chi connectivity index (χ0n) is 19.9. The number of halogens is 2. The fourth-order valence-corrected chi connectivity index (χ4v) is 6.80. The normalized spacial score (nSPS) is 16.0. The predicted molar refractivity (Wildman–Crippen MR) is 157 cm³/mol. The van der Waals surface area contributed by atoms with Crippen molar-refractivity contribution in [3.63, 3.8) is 0 Å². The number of rotatable bonds is 5. The highest BCUT2D eigenvalue weighted by atomic mass is 79.9. The van der Waals surface area contributed by atoms with E-state index in [-0.39, 0.29) is 0 Å². The number of hydrogen-bond donors (Lipinski definition) is 0. The highest BCUT2D eigenvalue weighted by Crippen LogP contribution is 2.58. The summed E-state index contributed by atoms with van der Waals surface area (Å²) < 4.78 is 16.5. The van der Waals surface area contributed by atoms with Gasteiger partial charge in [-0.15, -0.1) is 0 Å². The Morgan fingerprint density at radius 3 is 1.03 bits per heavy atom. The third kappa shape index (κ3) is 4.11. The van der Waals surface area contributed by atoms with Crippen LogP contribution >= 0.6 is 31.9 Å². The van der Waals surface area contributed by atoms with Crippen molar-refractivity contribution in [1.82, 2.24) is 0 Å². The first kappa shape index (κ1) is 24.4. The van der Waals surface area contributed by atoms with Crippen LogP contribution in [0.5, 0.6) is 0 Å². The SMILES string of the molecule is Brc1cc(Br)cc(B2OC(c3ccccc3)(c3ccccc3)C(c3ccccc3)(c3ccccc3)O2)c1. The highest BCUT2D eigenvalue weighted by Gasteiger charge is 2.65. The van der Waals surface area contributed by atoms with E-state index in [1.807, 2.05) is 30.3 Å². The van der Waals surface area contributed by atoms with E-state index in [0.717, 1.165) is 36.7 Å². The third-order valence-electron chi connectivity index (χ3n) is 6.94. The lowest BCUT2D eigenvalue weighted by Gasteiger charge is -2.46. The Hall–Kier alpha value is -2.96. The fourth-order valence-electron chi connectivity index (χ4n) is 5.47. The maximum Gasteiger partial charge on any atom is 0.495 e. The summed E-state index contributed by atoms with van der Waals surface area (Å²) >= 11 is 7.31. The predicted octanol–water partition coefficient (Wildman–Crippen LogP) is 7.84. The Bertz CT molecular complexity index is 1310. The van der Waals surface area contributed by atoms with Crippen LogP contribution < -0.4 is 5.46 Å². The van der Waals surface area contributed by atoms with Crippen LogP contribution in [0.3, 0.4) is 0 Å². The van der Waals surface area contributed by atoms with Crippen LogP contribution in [-0.4, -0.2) is 7.12 Å². The van der Waals surface area contributed by atoms with Gasteiger partial charge in [-0.3, -0.25) is 0 Å². The van der Waals surface area contributed by atoms with E-state index in [9.17, 15) is 0 Å². The van der Waals surface area contributed by atoms with Gasteiger partial charge in [-0.2, -0.15) is 0 Å². The molecule has 0 aromatic heterocycles. The van der Waals surface area contributed by atoms with Gasteiger partial charge in [-0.1, -0.05) is 153 Å². The van der Waals surface area contributed by atoms with Gasteiger partial charge in [0.1, 0.15) is 11.2 Å². The van der Waals surface area contributed by atoms with E-state index in [2.05, 4.69) is 141 Å². The summed E-state index contributed by atoms with van der Waals surface area (Å²) in [5.74, 6) is 0. The van der Waals surface area contributed by atoms with E-state index < -0.39 is 18.3 Å². The molecule has 1 heterocycles. The second kappa shape index (κ2) is 10.1. The van der Waals surface area contributed by atoms with Crippen molar-refractivity contribution in [3.8, 4) is 0 Å². The Labute approximate surface area is 234 Å². The summed E-state index contributed by atoms with van der Waals surface area (Å²) in [5, 5.41) is 0. The molecule has 180 valence electrons. The first-order valence-electron chi connectivity index (χ1n) is 12.2. The van der Waals surface area contributed by atoms with Crippen molar-refractivity contribution in [2.24, 2.45) is 0 Å². The zero-order chi connectivity index (χ0) is 25.3. The molecule has 5 aromatic carbocycles. The molecule has 5 aromatic rings. The molecule has 1 fully saturated rings. The molecule has 1 aliphatic heterocycles. The molecule has 6 rings (SSSR count). The van der Waals surface area contributed by atoms with Crippen LogP contribution in [0.2, 0.25) is 0 Å². The van der Waals surface area contributed by atoms with Crippen LogP contribution in [0.25, 0.3) is 0 Å². The molecule has 1 saturated heterocycles. The Balaban J connectivity index is 1.74. The fraction of sp³-hybridized carbons (Fsp3) is 0.0625. The van der Waals surface area contributed by atoms with E-state index in [1.165, 1.54) is 0 Å². The lowest BCUT2D eigenvalue weighted by atomic mass is 9.66. The maximum absolute atomic E-state index is 7.28. The number of benzene rings is 5. The van der Waals surface area contributed by atoms with Crippen LogP contribution in [0, 0.1) is 0 Å². The average Bonchev–Trinajstić information content (AvgIpc) is 3.33. The van der Waals surface area contributed by atoms with E-state index in [4.69, 9.17) is 9.31 Å². The van der Waals surface area contributed by atoms with Gasteiger partial charge in [0, 0.05) is 8.95 Å². The Morgan fingerprint density at radius 1 is 0.432 bits per heavy atom. The van der Waals surface area contributed by atoms with Crippen molar-refractivity contribution < 1.29 is 9.31 Å². The summed E-state index contributed by atoms with van der Waals surface area (Å²) in [4.78, 5) is 0. The van der Waals surface area contributed by atoms with Gasteiger partial charge in [0.15, 0.2) is 0 Å². The molecule has 0 atom stereocenters. The standard InChI is InChI=1S/C32H23BBr2O2/c34-29-21-28(22-30(35)23-29)33-36-31(24-13-5-1-6-14-24,25-15-7-2-8-16-25)32(37-33,26-17-9-3-10-18-26)27-19-11-4-12-20-27/h1-23H. The Morgan fingerprint density at radius 2 is 0.730 bits per heavy atom. The quantitative estimate of drug-likeness (QED) is 0.189. The van der Waals surface area contributed by atoms with Crippen LogP contribution in [0.15, 0.2) is 148 Å². The second-order valence-corrected chi connectivity index (χ2v) is 10.9. The van der Waals surface area contributed by atoms with Gasteiger partial charge in [0.2, 0.25) is 0 Å². The molecule has 5 heteroatoms. The summed E-state index contributed by atoms with van der Waals surface area (Å²) in [5.41, 5.74) is 3.02. The summed E-state index contributed by atoms with van der Waals surface area (Å²) in [7, 11) is -0.644. The number of hydrogen-bond acceptors (Lipinski definition) is 2. The minimum Gasteiger partial charge on any atom is -0.390 e. The summed E-state index contributed by atoms with van der Waals surface area (Å²) in [6.45, 7) is 0. The molecule has 0 amide bonds. The van der Waals surface area contributed by atoms with Crippen molar-refractivity contribution in [1.29, 1.82) is 0 Å². The Kier molecular flexibility index (Phi) is 6.64. The topological polar surface area (TPSA) is 18.5 Å². The third-order valence-corrected chi connectivity index (χ3v) is 7.86. The summed E-state index contributed by atoms with van der Waals surface area (Å²) in [6, 6.07) is 47.9. The van der Waals surface area contributed by atoms with Crippen LogP contribution in [0.4, 0.5) is 0 Å². The lowest BCUT2D eigenvalue weighted by molar-refractivity contribution is 0.00370. The van der Waals surface area contributed by atoms with E-state index in [0.29, 0.717) is 0 Å². The molecule has 2 nitrogen and oxygen atoms in total. The van der Waals surface area contributed by atoms with E-state index in [1.54, 1.807) is 0 Å². The maximum atomic E-state index is 7.28. The molecular formula is C32H23BBr2O2. The van der Waals surface area contributed by atoms with Crippen LogP contribution in [0.1, 0.15) is 22.3 Å². The van der Waals surface area contributed by atoms with Gasteiger partial charge >= 0.3 is 7.12 Å². The second-order valence-electron chi connectivity index (χ2n) is 9.10. The van der Waals surface area contributed by atoms with Gasteiger partial charge in [-0.05, 0) is 45.9 Å². The van der Waals surface area contributed by atoms with Gasteiger partial charge < -0.3 is 9.31 Å². The first-order chi connectivity index (χ1) is 18.1. The molecule has 0 spiro atoms. The molecule has 0 aliphatic carbocycles. The largest absolute Gasteiger partial charge is 0.495 e. The highest BCUT2D eigenvalue weighted by molar-refractivity contribution is 9.11. The van der Waals surface area contributed by atoms with Crippen molar-refractivity contribution in [2.75, 3.05) is 0 Å². The minimum atomic E-state index is -0.988. The van der Waals surface area contributed by atoms with Gasteiger partial charge in [-0.25, -0.2) is 0 Å². The molecule has 0 radical (unpaired) electrons. The van der Waals surface area contributed by atoms with Crippen molar-refractivity contribution >= 4 is 44.4 Å². The monoisotopic (exact) mass is 608 g/mol. The van der Waals surface area contributed by atoms with Crippen molar-refractivity contribution in [3.05, 3.63) is 171 Å². The van der Waals surface area contributed by atoms with Gasteiger partial charge in [0.25, 0.3) is 0 Å². The molecule has 0 unspecified atom stereocenters. The molecule has 0 bridgehead atoms. The van der Waals surface area contributed by atoms with Crippen LogP contribution in [-0.2, 0) is 20.5 Å². The van der Waals surface area contributed by atoms with Crippen molar-refractivity contribution in [2.45, 2.75) is 11.2 Å². The molecule has 1 aliphatic rings. The average molecular weight is 610 g/mol. The van der Waals surface area contributed by atoms with Gasteiger partial charge in [0.05, 0.1) is 0 Å². The molecule has 0 saturated carbocycles. The summed E-state index contributed by atoms with van der Waals surface area (Å²) in [6.07, 6.45) is 0. The minimum absolute atomic E-state index is 0.644.